The minimum Gasteiger partial charge on any atom is -0.489 e. The second kappa shape index (κ2) is 9.43. The molecule has 0 aliphatic carbocycles. The van der Waals surface area contributed by atoms with E-state index >= 15 is 0 Å². The standard InChI is InChI=1S/C20H17ClN2O4S/c1-2-18-22-23-20(27-18)28-17(19(24)25)11-13-6-5-8-15(10-13)26-12-14-7-3-4-9-16(14)21/h3-11H,2,12H2,1H3,(H,24,25)/b17-11-. The molecule has 8 heteroatoms. The number of hydrogen-bond acceptors (Lipinski definition) is 6. The van der Waals surface area contributed by atoms with Crippen LogP contribution in [0.3, 0.4) is 0 Å². The molecule has 3 aromatic rings. The Bertz CT molecular complexity index is 1000. The summed E-state index contributed by atoms with van der Waals surface area (Å²) in [4.78, 5) is 11.7. The molecule has 6 nitrogen and oxygen atoms in total. The lowest BCUT2D eigenvalue weighted by molar-refractivity contribution is -0.131. The van der Waals surface area contributed by atoms with E-state index in [4.69, 9.17) is 20.8 Å². The van der Waals surface area contributed by atoms with Crippen molar-refractivity contribution in [1.82, 2.24) is 10.2 Å². The third kappa shape index (κ3) is 5.37. The Labute approximate surface area is 171 Å². The Morgan fingerprint density at radius 1 is 1.25 bits per heavy atom. The maximum absolute atomic E-state index is 11.6. The minimum atomic E-state index is -1.08. The number of halogens is 1. The first kappa shape index (κ1) is 20.0. The second-order valence-corrected chi connectivity index (χ2v) is 7.08. The maximum Gasteiger partial charge on any atom is 0.342 e. The average Bonchev–Trinajstić information content (AvgIpc) is 3.15. The van der Waals surface area contributed by atoms with E-state index in [1.165, 1.54) is 6.08 Å². The lowest BCUT2D eigenvalue weighted by atomic mass is 10.2. The number of aliphatic carboxylic acids is 1. The van der Waals surface area contributed by atoms with Crippen LogP contribution in [-0.2, 0) is 17.8 Å². The molecular weight excluding hydrogens is 400 g/mol. The molecule has 2 aromatic carbocycles. The SMILES string of the molecule is CCc1nnc(S/C(=C\c2cccc(OCc3ccccc3Cl)c2)C(=O)O)o1. The number of carbonyl (C=O) groups is 1. The summed E-state index contributed by atoms with van der Waals surface area (Å²) >= 11 is 7.05. The van der Waals surface area contributed by atoms with Gasteiger partial charge in [0.15, 0.2) is 0 Å². The van der Waals surface area contributed by atoms with Crippen LogP contribution in [0.25, 0.3) is 6.08 Å². The Morgan fingerprint density at radius 3 is 2.79 bits per heavy atom. The molecule has 1 heterocycles. The van der Waals surface area contributed by atoms with Crippen LogP contribution in [0, 0.1) is 0 Å². The molecule has 3 rings (SSSR count). The van der Waals surface area contributed by atoms with Gasteiger partial charge in [0.05, 0.1) is 0 Å². The van der Waals surface area contributed by atoms with Crippen LogP contribution in [0.5, 0.6) is 5.75 Å². The van der Waals surface area contributed by atoms with Crippen LogP contribution in [0.4, 0.5) is 0 Å². The Hall–Kier alpha value is -2.77. The summed E-state index contributed by atoms with van der Waals surface area (Å²) in [5.74, 6) is -0.0136. The zero-order chi connectivity index (χ0) is 19.9. The lowest BCUT2D eigenvalue weighted by Gasteiger charge is -2.08. The zero-order valence-corrected chi connectivity index (χ0v) is 16.5. The van der Waals surface area contributed by atoms with Gasteiger partial charge in [-0.1, -0.05) is 48.9 Å². The summed E-state index contributed by atoms with van der Waals surface area (Å²) in [6.45, 7) is 2.19. The fourth-order valence-electron chi connectivity index (χ4n) is 2.27. The van der Waals surface area contributed by atoms with Crippen molar-refractivity contribution in [2.75, 3.05) is 0 Å². The highest BCUT2D eigenvalue weighted by molar-refractivity contribution is 8.03. The number of benzene rings is 2. The number of nitrogens with zero attached hydrogens (tertiary/aromatic N) is 2. The second-order valence-electron chi connectivity index (χ2n) is 5.68. The van der Waals surface area contributed by atoms with Gasteiger partial charge in [0.1, 0.15) is 17.3 Å². The molecule has 0 spiro atoms. The van der Waals surface area contributed by atoms with Crippen LogP contribution in [0.15, 0.2) is 63.1 Å². The van der Waals surface area contributed by atoms with E-state index in [1.54, 1.807) is 30.3 Å². The van der Waals surface area contributed by atoms with Crippen molar-refractivity contribution >= 4 is 35.4 Å². The minimum absolute atomic E-state index is 0.0644. The maximum atomic E-state index is 11.6. The largest absolute Gasteiger partial charge is 0.489 e. The molecule has 0 unspecified atom stereocenters. The van der Waals surface area contributed by atoms with E-state index in [-0.39, 0.29) is 10.1 Å². The number of rotatable bonds is 8. The van der Waals surface area contributed by atoms with Crippen molar-refractivity contribution in [3.63, 3.8) is 0 Å². The number of thioether (sulfide) groups is 1. The molecule has 1 N–H and O–H groups in total. The van der Waals surface area contributed by atoms with E-state index in [0.29, 0.717) is 35.3 Å². The van der Waals surface area contributed by atoms with Crippen molar-refractivity contribution in [3.8, 4) is 5.75 Å². The van der Waals surface area contributed by atoms with Crippen LogP contribution in [-0.4, -0.2) is 21.3 Å². The first-order chi connectivity index (χ1) is 13.5. The summed E-state index contributed by atoms with van der Waals surface area (Å²) in [6.07, 6.45) is 2.12. The predicted octanol–water partition coefficient (Wildman–Crippen LogP) is 5.08. The number of aryl methyl sites for hydroxylation is 1. The normalized spacial score (nSPS) is 11.4. The predicted molar refractivity (Wildman–Crippen MR) is 107 cm³/mol. The summed E-state index contributed by atoms with van der Waals surface area (Å²) in [6, 6.07) is 14.6. The van der Waals surface area contributed by atoms with Gasteiger partial charge in [-0.2, -0.15) is 0 Å². The first-order valence-corrected chi connectivity index (χ1v) is 9.66. The summed E-state index contributed by atoms with van der Waals surface area (Å²) in [5, 5.41) is 18.0. The van der Waals surface area contributed by atoms with Crippen LogP contribution >= 0.6 is 23.4 Å². The van der Waals surface area contributed by atoms with Crippen molar-refractivity contribution < 1.29 is 19.1 Å². The summed E-state index contributed by atoms with van der Waals surface area (Å²) < 4.78 is 11.2. The molecule has 0 radical (unpaired) electrons. The van der Waals surface area contributed by atoms with Crippen molar-refractivity contribution in [2.24, 2.45) is 0 Å². The molecular formula is C20H17ClN2O4S. The Kier molecular flexibility index (Phi) is 6.73. The lowest BCUT2D eigenvalue weighted by Crippen LogP contribution is -1.98. The van der Waals surface area contributed by atoms with Gasteiger partial charge < -0.3 is 14.3 Å². The topological polar surface area (TPSA) is 85.5 Å². The van der Waals surface area contributed by atoms with Gasteiger partial charge in [0.25, 0.3) is 5.22 Å². The highest BCUT2D eigenvalue weighted by atomic mass is 35.5. The molecule has 28 heavy (non-hydrogen) atoms. The number of ether oxygens (including phenoxy) is 1. The van der Waals surface area contributed by atoms with Crippen LogP contribution in [0.2, 0.25) is 5.02 Å². The number of carboxylic acids is 1. The van der Waals surface area contributed by atoms with Gasteiger partial charge >= 0.3 is 5.97 Å². The monoisotopic (exact) mass is 416 g/mol. The van der Waals surface area contributed by atoms with Crippen LogP contribution < -0.4 is 4.74 Å². The molecule has 0 atom stereocenters. The van der Waals surface area contributed by atoms with E-state index in [0.717, 1.165) is 17.3 Å². The average molecular weight is 417 g/mol. The molecule has 0 fully saturated rings. The van der Waals surface area contributed by atoms with Crippen molar-refractivity contribution in [1.29, 1.82) is 0 Å². The molecule has 1 aromatic heterocycles. The molecule has 0 aliphatic heterocycles. The Morgan fingerprint density at radius 2 is 2.07 bits per heavy atom. The molecule has 0 aliphatic rings. The van der Waals surface area contributed by atoms with Gasteiger partial charge in [-0.15, -0.1) is 10.2 Å². The summed E-state index contributed by atoms with van der Waals surface area (Å²) in [7, 11) is 0. The molecule has 144 valence electrons. The zero-order valence-electron chi connectivity index (χ0n) is 15.0. The highest BCUT2D eigenvalue weighted by Crippen LogP contribution is 2.28. The van der Waals surface area contributed by atoms with Crippen LogP contribution in [0.1, 0.15) is 23.9 Å². The number of aromatic nitrogens is 2. The van der Waals surface area contributed by atoms with Gasteiger partial charge in [-0.05, 0) is 41.6 Å². The fourth-order valence-corrected chi connectivity index (χ4v) is 3.15. The number of hydrogen-bond donors (Lipinski definition) is 1. The van der Waals surface area contributed by atoms with E-state index in [1.807, 2.05) is 25.1 Å². The fraction of sp³-hybridized carbons (Fsp3) is 0.150. The molecule has 0 saturated heterocycles. The highest BCUT2D eigenvalue weighted by Gasteiger charge is 2.15. The van der Waals surface area contributed by atoms with Gasteiger partial charge in [0, 0.05) is 17.0 Å². The van der Waals surface area contributed by atoms with E-state index in [9.17, 15) is 9.90 Å². The van der Waals surface area contributed by atoms with Gasteiger partial charge in [0.2, 0.25) is 5.89 Å². The van der Waals surface area contributed by atoms with Gasteiger partial charge in [-0.25, -0.2) is 4.79 Å². The quantitative estimate of drug-likeness (QED) is 0.404. The van der Waals surface area contributed by atoms with E-state index < -0.39 is 5.97 Å². The van der Waals surface area contributed by atoms with Gasteiger partial charge in [-0.3, -0.25) is 0 Å². The smallest absolute Gasteiger partial charge is 0.342 e. The molecule has 0 amide bonds. The first-order valence-electron chi connectivity index (χ1n) is 8.46. The number of carboxylic acid groups (broad SMARTS) is 1. The van der Waals surface area contributed by atoms with Crippen molar-refractivity contribution in [3.05, 3.63) is 75.5 Å². The molecule has 0 saturated carbocycles. The Balaban J connectivity index is 1.74. The van der Waals surface area contributed by atoms with E-state index in [2.05, 4.69) is 10.2 Å². The molecule has 0 bridgehead atoms. The summed E-state index contributed by atoms with van der Waals surface area (Å²) in [5.41, 5.74) is 1.55. The third-order valence-electron chi connectivity index (χ3n) is 3.67. The van der Waals surface area contributed by atoms with Crippen molar-refractivity contribution in [2.45, 2.75) is 25.2 Å². The third-order valence-corrected chi connectivity index (χ3v) is 4.89.